The van der Waals surface area contributed by atoms with Crippen molar-refractivity contribution in [3.63, 3.8) is 0 Å². The lowest BCUT2D eigenvalue weighted by molar-refractivity contribution is 0.301. The highest BCUT2D eigenvalue weighted by atomic mass is 16.5. The predicted octanol–water partition coefficient (Wildman–Crippen LogP) is 0.213. The van der Waals surface area contributed by atoms with E-state index >= 15 is 0 Å². The van der Waals surface area contributed by atoms with Crippen molar-refractivity contribution in [1.29, 1.82) is 0 Å². The Morgan fingerprint density at radius 2 is 2.58 bits per heavy atom. The van der Waals surface area contributed by atoms with Crippen LogP contribution in [0.2, 0.25) is 0 Å². The van der Waals surface area contributed by atoms with Crippen LogP contribution in [0, 0.1) is 0 Å². The van der Waals surface area contributed by atoms with E-state index in [1.54, 1.807) is 6.20 Å². The number of ether oxygens (including phenoxy) is 1. The van der Waals surface area contributed by atoms with E-state index in [0.717, 1.165) is 11.6 Å². The number of nitrogens with one attached hydrogen (secondary N) is 1. The number of aromatic nitrogens is 1. The van der Waals surface area contributed by atoms with E-state index in [9.17, 15) is 0 Å². The highest BCUT2D eigenvalue weighted by Crippen LogP contribution is 2.22. The van der Waals surface area contributed by atoms with Crippen LogP contribution in [0.3, 0.4) is 0 Å². The molecule has 0 spiro atoms. The Morgan fingerprint density at radius 3 is 3.50 bits per heavy atom. The third-order valence-electron chi connectivity index (χ3n) is 1.76. The quantitative estimate of drug-likeness (QED) is 0.577. The molecule has 0 amide bonds. The fourth-order valence-corrected chi connectivity index (χ4v) is 1.12. The van der Waals surface area contributed by atoms with Crippen LogP contribution >= 0.6 is 0 Å². The molecule has 1 aliphatic rings. The largest absolute Gasteiger partial charge is 0.488 e. The average molecular weight is 165 g/mol. The minimum atomic E-state index is 0.0409. The maximum absolute atomic E-state index is 5.70. The summed E-state index contributed by atoms with van der Waals surface area (Å²) in [7, 11) is 0. The molecule has 4 heteroatoms. The maximum atomic E-state index is 5.70. The minimum Gasteiger partial charge on any atom is -0.488 e. The van der Waals surface area contributed by atoms with Crippen LogP contribution in [0.15, 0.2) is 18.3 Å². The number of pyridine rings is 1. The van der Waals surface area contributed by atoms with Gasteiger partial charge in [0.2, 0.25) is 0 Å². The van der Waals surface area contributed by atoms with Crippen molar-refractivity contribution in [2.45, 2.75) is 6.04 Å². The number of hydrogen-bond acceptors (Lipinski definition) is 4. The SMILES string of the molecule is N[C@@H]1CNc2ncccc2OC1. The van der Waals surface area contributed by atoms with Crippen molar-refractivity contribution in [1.82, 2.24) is 4.98 Å². The summed E-state index contributed by atoms with van der Waals surface area (Å²) in [6.07, 6.45) is 1.73. The topological polar surface area (TPSA) is 60.2 Å². The number of anilines is 1. The standard InChI is InChI=1S/C8H11N3O/c9-6-4-11-8-7(12-5-6)2-1-3-10-8/h1-3,6H,4-5,9H2,(H,10,11)/t6-/m1/s1. The molecule has 1 aromatic heterocycles. The van der Waals surface area contributed by atoms with Crippen LogP contribution in [0.1, 0.15) is 0 Å². The molecule has 1 aliphatic heterocycles. The second-order valence-corrected chi connectivity index (χ2v) is 2.80. The van der Waals surface area contributed by atoms with Gasteiger partial charge in [-0.3, -0.25) is 0 Å². The van der Waals surface area contributed by atoms with Gasteiger partial charge in [0.1, 0.15) is 6.61 Å². The number of nitrogens with two attached hydrogens (primary N) is 1. The zero-order chi connectivity index (χ0) is 8.39. The molecule has 0 saturated heterocycles. The summed E-state index contributed by atoms with van der Waals surface area (Å²) in [5.41, 5.74) is 5.70. The summed E-state index contributed by atoms with van der Waals surface area (Å²) >= 11 is 0. The molecular weight excluding hydrogens is 154 g/mol. The summed E-state index contributed by atoms with van der Waals surface area (Å²) in [6.45, 7) is 1.26. The Morgan fingerprint density at radius 1 is 1.67 bits per heavy atom. The Balaban J connectivity index is 2.26. The van der Waals surface area contributed by atoms with E-state index in [1.165, 1.54) is 0 Å². The van der Waals surface area contributed by atoms with Gasteiger partial charge in [0.25, 0.3) is 0 Å². The van der Waals surface area contributed by atoms with Crippen LogP contribution in [-0.4, -0.2) is 24.2 Å². The van der Waals surface area contributed by atoms with Crippen molar-refractivity contribution in [2.24, 2.45) is 5.73 Å². The predicted molar refractivity (Wildman–Crippen MR) is 46.2 cm³/mol. The number of nitrogens with zero attached hydrogens (tertiary/aromatic N) is 1. The Bertz CT molecular complexity index is 250. The summed E-state index contributed by atoms with van der Waals surface area (Å²) in [6, 6.07) is 3.77. The van der Waals surface area contributed by atoms with Crippen molar-refractivity contribution >= 4 is 5.82 Å². The molecule has 4 nitrogen and oxygen atoms in total. The van der Waals surface area contributed by atoms with Gasteiger partial charge < -0.3 is 15.8 Å². The molecule has 2 rings (SSSR count). The average Bonchev–Trinajstić information content (AvgIpc) is 2.29. The third-order valence-corrected chi connectivity index (χ3v) is 1.76. The number of rotatable bonds is 0. The van der Waals surface area contributed by atoms with Crippen LogP contribution in [-0.2, 0) is 0 Å². The lowest BCUT2D eigenvalue weighted by Crippen LogP contribution is -2.32. The van der Waals surface area contributed by atoms with Gasteiger partial charge in [-0.2, -0.15) is 0 Å². The van der Waals surface area contributed by atoms with Gasteiger partial charge in [0.15, 0.2) is 11.6 Å². The highest BCUT2D eigenvalue weighted by Gasteiger charge is 2.12. The zero-order valence-corrected chi connectivity index (χ0v) is 6.66. The van der Waals surface area contributed by atoms with Crippen molar-refractivity contribution < 1.29 is 4.74 Å². The molecule has 64 valence electrons. The van der Waals surface area contributed by atoms with E-state index in [2.05, 4.69) is 10.3 Å². The molecule has 0 radical (unpaired) electrons. The van der Waals surface area contributed by atoms with Gasteiger partial charge in [-0.1, -0.05) is 0 Å². The fourth-order valence-electron chi connectivity index (χ4n) is 1.12. The van der Waals surface area contributed by atoms with Crippen LogP contribution in [0.4, 0.5) is 5.82 Å². The molecule has 0 unspecified atom stereocenters. The molecular formula is C8H11N3O. The van der Waals surface area contributed by atoms with Gasteiger partial charge in [-0.15, -0.1) is 0 Å². The first-order chi connectivity index (χ1) is 5.86. The van der Waals surface area contributed by atoms with Crippen LogP contribution in [0.5, 0.6) is 5.75 Å². The molecule has 1 aromatic rings. The Hall–Kier alpha value is -1.29. The van der Waals surface area contributed by atoms with E-state index < -0.39 is 0 Å². The Labute approximate surface area is 70.7 Å². The number of hydrogen-bond donors (Lipinski definition) is 2. The van der Waals surface area contributed by atoms with Crippen molar-refractivity contribution in [2.75, 3.05) is 18.5 Å². The third kappa shape index (κ3) is 1.33. The van der Waals surface area contributed by atoms with E-state index in [1.807, 2.05) is 12.1 Å². The zero-order valence-electron chi connectivity index (χ0n) is 6.66. The molecule has 12 heavy (non-hydrogen) atoms. The van der Waals surface area contributed by atoms with Crippen molar-refractivity contribution in [3.8, 4) is 5.75 Å². The first-order valence-electron chi connectivity index (χ1n) is 3.93. The maximum Gasteiger partial charge on any atom is 0.168 e. The second kappa shape index (κ2) is 2.98. The van der Waals surface area contributed by atoms with E-state index in [0.29, 0.717) is 13.2 Å². The summed E-state index contributed by atoms with van der Waals surface area (Å²) in [4.78, 5) is 4.12. The molecule has 3 N–H and O–H groups in total. The van der Waals surface area contributed by atoms with Gasteiger partial charge in [-0.05, 0) is 12.1 Å². The summed E-state index contributed by atoms with van der Waals surface area (Å²) in [5.74, 6) is 1.57. The second-order valence-electron chi connectivity index (χ2n) is 2.80. The summed E-state index contributed by atoms with van der Waals surface area (Å²) in [5, 5.41) is 3.11. The van der Waals surface area contributed by atoms with Crippen molar-refractivity contribution in [3.05, 3.63) is 18.3 Å². The Kier molecular flexibility index (Phi) is 1.83. The summed E-state index contributed by atoms with van der Waals surface area (Å²) < 4.78 is 5.41. The van der Waals surface area contributed by atoms with Gasteiger partial charge in [-0.25, -0.2) is 4.98 Å². The number of fused-ring (bicyclic) bond motifs is 1. The molecule has 2 heterocycles. The van der Waals surface area contributed by atoms with Crippen LogP contribution in [0.25, 0.3) is 0 Å². The lowest BCUT2D eigenvalue weighted by Gasteiger charge is -2.05. The molecule has 0 aromatic carbocycles. The van der Waals surface area contributed by atoms with Crippen LogP contribution < -0.4 is 15.8 Å². The molecule has 0 bridgehead atoms. The molecule has 0 saturated carbocycles. The minimum absolute atomic E-state index is 0.0409. The molecule has 1 atom stereocenters. The highest BCUT2D eigenvalue weighted by molar-refractivity contribution is 5.50. The smallest absolute Gasteiger partial charge is 0.168 e. The van der Waals surface area contributed by atoms with Gasteiger partial charge in [0, 0.05) is 12.7 Å². The molecule has 0 fully saturated rings. The fraction of sp³-hybridized carbons (Fsp3) is 0.375. The first-order valence-corrected chi connectivity index (χ1v) is 3.93. The normalized spacial score (nSPS) is 21.6. The van der Waals surface area contributed by atoms with E-state index in [-0.39, 0.29) is 6.04 Å². The molecule has 0 aliphatic carbocycles. The monoisotopic (exact) mass is 165 g/mol. The van der Waals surface area contributed by atoms with Gasteiger partial charge in [0.05, 0.1) is 6.04 Å². The van der Waals surface area contributed by atoms with Gasteiger partial charge >= 0.3 is 0 Å². The lowest BCUT2D eigenvalue weighted by atomic mass is 10.3. The first kappa shape index (κ1) is 7.36. The van der Waals surface area contributed by atoms with E-state index in [4.69, 9.17) is 10.5 Å².